The fourth-order valence-corrected chi connectivity index (χ4v) is 1.92. The predicted molar refractivity (Wildman–Crippen MR) is 67.3 cm³/mol. The van der Waals surface area contributed by atoms with Crippen molar-refractivity contribution in [3.05, 3.63) is 41.5 Å². The minimum Gasteiger partial charge on any atom is -0.492 e. The number of benzene rings is 1. The van der Waals surface area contributed by atoms with Gasteiger partial charge in [-0.2, -0.15) is 0 Å². The summed E-state index contributed by atoms with van der Waals surface area (Å²) in [6.07, 6.45) is 2.55. The lowest BCUT2D eigenvalue weighted by Gasteiger charge is -2.14. The second-order valence-electron chi connectivity index (χ2n) is 4.33. The van der Waals surface area contributed by atoms with E-state index >= 15 is 0 Å². The van der Waals surface area contributed by atoms with Crippen molar-refractivity contribution >= 4 is 11.8 Å². The lowest BCUT2D eigenvalue weighted by atomic mass is 10.1. The first kappa shape index (κ1) is 12.4. The van der Waals surface area contributed by atoms with Crippen molar-refractivity contribution < 1.29 is 14.3 Å². The summed E-state index contributed by atoms with van der Waals surface area (Å²) in [5.74, 6) is 0.215. The van der Waals surface area contributed by atoms with Gasteiger partial charge in [0.2, 0.25) is 0 Å². The molecule has 0 saturated carbocycles. The zero-order valence-electron chi connectivity index (χ0n) is 10.5. The number of carbonyl (C=O) groups is 2. The Labute approximate surface area is 106 Å². The van der Waals surface area contributed by atoms with Gasteiger partial charge in [0.05, 0.1) is 6.54 Å². The number of hydrogen-bond donors (Lipinski definition) is 0. The third-order valence-electron chi connectivity index (χ3n) is 2.68. The average Bonchev–Trinajstić information content (AvgIpc) is 2.59. The Hall–Kier alpha value is -2.10. The topological polar surface area (TPSA) is 46.6 Å². The molecule has 1 aliphatic rings. The van der Waals surface area contributed by atoms with E-state index in [0.717, 1.165) is 16.9 Å². The summed E-state index contributed by atoms with van der Waals surface area (Å²) in [6.45, 7) is 4.58. The van der Waals surface area contributed by atoms with Gasteiger partial charge in [0.1, 0.15) is 12.4 Å². The van der Waals surface area contributed by atoms with Crippen LogP contribution in [0.25, 0.3) is 0 Å². The molecule has 4 heteroatoms. The summed E-state index contributed by atoms with van der Waals surface area (Å²) in [6, 6.07) is 5.92. The first-order valence-electron chi connectivity index (χ1n) is 5.81. The molecule has 18 heavy (non-hydrogen) atoms. The maximum Gasteiger partial charge on any atom is 0.253 e. The summed E-state index contributed by atoms with van der Waals surface area (Å²) in [5.41, 5.74) is 2.25. The number of hydrogen-bond acceptors (Lipinski definition) is 3. The zero-order valence-corrected chi connectivity index (χ0v) is 10.5. The number of aryl methyl sites for hydroxylation is 2. The van der Waals surface area contributed by atoms with Crippen LogP contribution in [-0.2, 0) is 9.59 Å². The van der Waals surface area contributed by atoms with Crippen molar-refractivity contribution in [1.29, 1.82) is 0 Å². The largest absolute Gasteiger partial charge is 0.492 e. The summed E-state index contributed by atoms with van der Waals surface area (Å²) in [5, 5.41) is 0. The quantitative estimate of drug-likeness (QED) is 0.757. The van der Waals surface area contributed by atoms with Crippen molar-refractivity contribution in [2.24, 2.45) is 0 Å². The van der Waals surface area contributed by atoms with Gasteiger partial charge in [-0.3, -0.25) is 14.5 Å². The Bertz CT molecular complexity index is 482. The van der Waals surface area contributed by atoms with Gasteiger partial charge in [0, 0.05) is 12.2 Å². The van der Waals surface area contributed by atoms with Crippen LogP contribution in [0.1, 0.15) is 11.1 Å². The van der Waals surface area contributed by atoms with E-state index in [1.54, 1.807) is 0 Å². The van der Waals surface area contributed by atoms with Gasteiger partial charge in [-0.15, -0.1) is 0 Å². The van der Waals surface area contributed by atoms with E-state index in [1.807, 2.05) is 26.0 Å². The van der Waals surface area contributed by atoms with Crippen LogP contribution < -0.4 is 4.74 Å². The minimum atomic E-state index is -0.274. The summed E-state index contributed by atoms with van der Waals surface area (Å²) in [7, 11) is 0. The van der Waals surface area contributed by atoms with Crippen molar-refractivity contribution in [2.75, 3.05) is 13.2 Å². The van der Waals surface area contributed by atoms with Crippen LogP contribution in [0.4, 0.5) is 0 Å². The molecule has 2 rings (SSSR count). The van der Waals surface area contributed by atoms with Crippen molar-refractivity contribution in [3.63, 3.8) is 0 Å². The van der Waals surface area contributed by atoms with Gasteiger partial charge in [-0.05, 0) is 37.1 Å². The van der Waals surface area contributed by atoms with Crippen LogP contribution in [0.3, 0.4) is 0 Å². The van der Waals surface area contributed by atoms with Crippen molar-refractivity contribution in [3.8, 4) is 5.75 Å². The molecule has 94 valence electrons. The number of nitrogens with zero attached hydrogens (tertiary/aromatic N) is 1. The standard InChI is InChI=1S/C14H15NO3/c1-10-7-11(2)9-12(8-10)18-6-5-15-13(16)3-4-14(15)17/h3-4,7-9H,5-6H2,1-2H3. The predicted octanol–water partition coefficient (Wildman–Crippen LogP) is 1.61. The minimum absolute atomic E-state index is 0.274. The lowest BCUT2D eigenvalue weighted by Crippen LogP contribution is -2.33. The molecular weight excluding hydrogens is 230 g/mol. The van der Waals surface area contributed by atoms with Crippen molar-refractivity contribution in [2.45, 2.75) is 13.8 Å². The fourth-order valence-electron chi connectivity index (χ4n) is 1.92. The van der Waals surface area contributed by atoms with Gasteiger partial charge in [-0.1, -0.05) is 6.07 Å². The van der Waals surface area contributed by atoms with Gasteiger partial charge < -0.3 is 4.74 Å². The second kappa shape index (κ2) is 5.04. The van der Waals surface area contributed by atoms with Gasteiger partial charge in [0.15, 0.2) is 0 Å². The van der Waals surface area contributed by atoms with E-state index in [1.165, 1.54) is 17.1 Å². The Morgan fingerprint density at radius 3 is 2.11 bits per heavy atom. The molecule has 0 atom stereocenters. The van der Waals surface area contributed by atoms with Gasteiger partial charge >= 0.3 is 0 Å². The fraction of sp³-hybridized carbons (Fsp3) is 0.286. The molecule has 0 bridgehead atoms. The highest BCUT2D eigenvalue weighted by Crippen LogP contribution is 2.16. The number of carbonyl (C=O) groups excluding carboxylic acids is 2. The highest BCUT2D eigenvalue weighted by molar-refractivity contribution is 6.12. The Kier molecular flexibility index (Phi) is 3.46. The normalized spacial score (nSPS) is 14.4. The van der Waals surface area contributed by atoms with Crippen LogP contribution >= 0.6 is 0 Å². The SMILES string of the molecule is Cc1cc(C)cc(OCCN2C(=O)C=CC2=O)c1. The molecule has 0 N–H and O–H groups in total. The zero-order chi connectivity index (χ0) is 13.1. The first-order chi connectivity index (χ1) is 8.56. The smallest absolute Gasteiger partial charge is 0.253 e. The van der Waals surface area contributed by atoms with E-state index in [9.17, 15) is 9.59 Å². The molecule has 0 saturated heterocycles. The number of rotatable bonds is 4. The molecule has 1 aromatic rings. The summed E-state index contributed by atoms with van der Waals surface area (Å²) >= 11 is 0. The Balaban J connectivity index is 1.89. The average molecular weight is 245 g/mol. The molecule has 0 radical (unpaired) electrons. The molecular formula is C14H15NO3. The van der Waals surface area contributed by atoms with Gasteiger partial charge in [0.25, 0.3) is 11.8 Å². The molecule has 2 amide bonds. The highest BCUT2D eigenvalue weighted by Gasteiger charge is 2.22. The van der Waals surface area contributed by atoms with Crippen molar-refractivity contribution in [1.82, 2.24) is 4.90 Å². The Morgan fingerprint density at radius 1 is 1.00 bits per heavy atom. The molecule has 0 unspecified atom stereocenters. The molecule has 4 nitrogen and oxygen atoms in total. The number of imide groups is 1. The molecule has 0 spiro atoms. The molecule has 0 aromatic heterocycles. The number of amides is 2. The first-order valence-corrected chi connectivity index (χ1v) is 5.81. The third-order valence-corrected chi connectivity index (χ3v) is 2.68. The molecule has 1 aliphatic heterocycles. The summed E-state index contributed by atoms with van der Waals surface area (Å²) < 4.78 is 5.55. The maximum atomic E-state index is 11.3. The lowest BCUT2D eigenvalue weighted by molar-refractivity contribution is -0.137. The van der Waals surface area contributed by atoms with Crippen LogP contribution in [0, 0.1) is 13.8 Å². The van der Waals surface area contributed by atoms with E-state index in [2.05, 4.69) is 6.07 Å². The molecule has 1 aromatic carbocycles. The van der Waals surface area contributed by atoms with E-state index in [0.29, 0.717) is 6.61 Å². The third kappa shape index (κ3) is 2.77. The van der Waals surface area contributed by atoms with E-state index in [4.69, 9.17) is 4.74 Å². The molecule has 1 heterocycles. The molecule has 0 fully saturated rings. The van der Waals surface area contributed by atoms with E-state index < -0.39 is 0 Å². The van der Waals surface area contributed by atoms with Crippen LogP contribution in [0.2, 0.25) is 0 Å². The van der Waals surface area contributed by atoms with Crippen LogP contribution in [-0.4, -0.2) is 29.9 Å². The van der Waals surface area contributed by atoms with E-state index in [-0.39, 0.29) is 18.4 Å². The Morgan fingerprint density at radius 2 is 1.56 bits per heavy atom. The van der Waals surface area contributed by atoms with Crippen LogP contribution in [0.5, 0.6) is 5.75 Å². The monoisotopic (exact) mass is 245 g/mol. The van der Waals surface area contributed by atoms with Crippen LogP contribution in [0.15, 0.2) is 30.4 Å². The second-order valence-corrected chi connectivity index (χ2v) is 4.33. The number of ether oxygens (including phenoxy) is 1. The highest BCUT2D eigenvalue weighted by atomic mass is 16.5. The summed E-state index contributed by atoms with van der Waals surface area (Å²) in [4.78, 5) is 23.8. The van der Waals surface area contributed by atoms with Gasteiger partial charge in [-0.25, -0.2) is 0 Å². The maximum absolute atomic E-state index is 11.3. The molecule has 0 aliphatic carbocycles.